The average molecular weight is 450 g/mol. The maximum absolute atomic E-state index is 13.2. The Balaban J connectivity index is 1.58. The third-order valence-corrected chi connectivity index (χ3v) is 5.74. The van der Waals surface area contributed by atoms with Crippen molar-refractivity contribution in [1.29, 1.82) is 0 Å². The number of anilines is 1. The van der Waals surface area contributed by atoms with Crippen molar-refractivity contribution < 1.29 is 14.3 Å². The highest BCUT2D eigenvalue weighted by Gasteiger charge is 2.19. The molecule has 2 N–H and O–H groups in total. The van der Waals surface area contributed by atoms with Crippen LogP contribution in [0, 0.1) is 6.92 Å². The highest BCUT2D eigenvalue weighted by molar-refractivity contribution is 7.13. The fourth-order valence-corrected chi connectivity index (χ4v) is 4.09. The van der Waals surface area contributed by atoms with Crippen LogP contribution in [0.4, 0.5) is 5.69 Å². The van der Waals surface area contributed by atoms with Crippen LogP contribution in [0.3, 0.4) is 0 Å². The zero-order valence-corrected chi connectivity index (χ0v) is 18.8. The van der Waals surface area contributed by atoms with Crippen LogP contribution in [0.2, 0.25) is 0 Å². The van der Waals surface area contributed by atoms with Crippen molar-refractivity contribution in [1.82, 2.24) is 20.1 Å². The van der Waals surface area contributed by atoms with Crippen LogP contribution < -0.4 is 15.4 Å². The number of amides is 2. The highest BCUT2D eigenvalue weighted by Crippen LogP contribution is 2.30. The highest BCUT2D eigenvalue weighted by atomic mass is 32.1. The lowest BCUT2D eigenvalue weighted by Gasteiger charge is -2.10. The SMILES string of the molecule is CCNC(=O)COc1ccc(NC(=O)c2cc(-c3cccs3)nc3c2c(C)nn3C)cc1. The first-order valence-corrected chi connectivity index (χ1v) is 11.0. The molecule has 0 atom stereocenters. The molecule has 0 fully saturated rings. The van der Waals surface area contributed by atoms with Crippen LogP contribution in [-0.2, 0) is 11.8 Å². The minimum Gasteiger partial charge on any atom is -0.484 e. The van der Waals surface area contributed by atoms with Crippen molar-refractivity contribution in [3.05, 3.63) is 59.1 Å². The van der Waals surface area contributed by atoms with Crippen molar-refractivity contribution in [3.63, 3.8) is 0 Å². The molecule has 0 bridgehead atoms. The van der Waals surface area contributed by atoms with Gasteiger partial charge in [-0.1, -0.05) is 6.07 Å². The predicted octanol–water partition coefficient (Wildman–Crippen LogP) is 3.77. The van der Waals surface area contributed by atoms with E-state index in [4.69, 9.17) is 9.72 Å². The van der Waals surface area contributed by atoms with E-state index in [0.29, 0.717) is 29.2 Å². The molecule has 32 heavy (non-hydrogen) atoms. The Hall–Kier alpha value is -3.72. The lowest BCUT2D eigenvalue weighted by molar-refractivity contribution is -0.122. The number of likely N-dealkylation sites (N-methyl/N-ethyl adjacent to an activating group) is 1. The summed E-state index contributed by atoms with van der Waals surface area (Å²) in [6.45, 7) is 4.22. The van der Waals surface area contributed by atoms with Gasteiger partial charge in [-0.25, -0.2) is 4.98 Å². The Bertz CT molecular complexity index is 1260. The average Bonchev–Trinajstić information content (AvgIpc) is 3.41. The van der Waals surface area contributed by atoms with Crippen molar-refractivity contribution in [2.45, 2.75) is 13.8 Å². The molecule has 0 spiro atoms. The molecular formula is C23H23N5O3S. The van der Waals surface area contributed by atoms with Crippen molar-refractivity contribution in [3.8, 4) is 16.3 Å². The van der Waals surface area contributed by atoms with Gasteiger partial charge in [-0.3, -0.25) is 14.3 Å². The minimum atomic E-state index is -0.248. The van der Waals surface area contributed by atoms with E-state index in [1.807, 2.05) is 44.5 Å². The summed E-state index contributed by atoms with van der Waals surface area (Å²) in [5.74, 6) is 0.117. The number of pyridine rings is 1. The van der Waals surface area contributed by atoms with Gasteiger partial charge in [0.1, 0.15) is 5.75 Å². The number of carbonyl (C=O) groups is 2. The number of thiophene rings is 1. The second-order valence-corrected chi connectivity index (χ2v) is 8.11. The standard InChI is InChI=1S/C23H23N5O3S/c1-4-24-20(29)13-31-16-9-7-15(8-10-16)25-23(30)17-12-18(19-6-5-11-32-19)26-22-21(17)14(2)27-28(22)3/h5-12H,4,13H2,1-3H3,(H,24,29)(H,25,30). The molecule has 3 heterocycles. The molecular weight excluding hydrogens is 426 g/mol. The number of carbonyl (C=O) groups excluding carboxylic acids is 2. The Morgan fingerprint density at radius 2 is 1.97 bits per heavy atom. The topological polar surface area (TPSA) is 98.1 Å². The molecule has 2 amide bonds. The number of benzene rings is 1. The van der Waals surface area contributed by atoms with Gasteiger partial charge in [0.15, 0.2) is 12.3 Å². The van der Waals surface area contributed by atoms with Gasteiger partial charge in [0.25, 0.3) is 11.8 Å². The quantitative estimate of drug-likeness (QED) is 0.448. The van der Waals surface area contributed by atoms with Crippen LogP contribution in [-0.4, -0.2) is 39.7 Å². The van der Waals surface area contributed by atoms with E-state index >= 15 is 0 Å². The van der Waals surface area contributed by atoms with E-state index in [0.717, 1.165) is 21.7 Å². The number of fused-ring (bicyclic) bond motifs is 1. The van der Waals surface area contributed by atoms with Gasteiger partial charge in [0.2, 0.25) is 0 Å². The lowest BCUT2D eigenvalue weighted by atomic mass is 10.1. The molecule has 0 saturated heterocycles. The number of nitrogens with zero attached hydrogens (tertiary/aromatic N) is 3. The zero-order chi connectivity index (χ0) is 22.7. The minimum absolute atomic E-state index is 0.0552. The number of aromatic nitrogens is 3. The first kappa shape index (κ1) is 21.5. The van der Waals surface area contributed by atoms with Crippen molar-refractivity contribution in [2.24, 2.45) is 7.05 Å². The van der Waals surface area contributed by atoms with E-state index in [1.165, 1.54) is 0 Å². The van der Waals surface area contributed by atoms with Gasteiger partial charge in [0.05, 0.1) is 27.2 Å². The molecule has 8 nitrogen and oxygen atoms in total. The Labute approximate surface area is 189 Å². The molecule has 1 aromatic carbocycles. The summed E-state index contributed by atoms with van der Waals surface area (Å²) in [7, 11) is 1.82. The molecule has 0 aliphatic heterocycles. The third-order valence-electron chi connectivity index (χ3n) is 4.84. The number of ether oxygens (including phenoxy) is 1. The third kappa shape index (κ3) is 4.47. The molecule has 164 valence electrons. The second kappa shape index (κ2) is 9.19. The normalized spacial score (nSPS) is 10.8. The second-order valence-electron chi connectivity index (χ2n) is 7.16. The fourth-order valence-electron chi connectivity index (χ4n) is 3.40. The van der Waals surface area contributed by atoms with Crippen LogP contribution in [0.15, 0.2) is 47.8 Å². The first-order valence-electron chi connectivity index (χ1n) is 10.2. The summed E-state index contributed by atoms with van der Waals surface area (Å²) in [5, 5.41) is 12.8. The number of rotatable bonds is 7. The molecule has 3 aromatic heterocycles. The number of aryl methyl sites for hydroxylation is 2. The monoisotopic (exact) mass is 449 g/mol. The molecule has 4 aromatic rings. The summed E-state index contributed by atoms with van der Waals surface area (Å²) in [6, 6.07) is 12.6. The molecule has 0 aliphatic rings. The lowest BCUT2D eigenvalue weighted by Crippen LogP contribution is -2.28. The van der Waals surface area contributed by atoms with Crippen LogP contribution in [0.25, 0.3) is 21.6 Å². The molecule has 0 radical (unpaired) electrons. The molecule has 0 saturated carbocycles. The first-order chi connectivity index (χ1) is 15.5. The van der Waals surface area contributed by atoms with E-state index in [2.05, 4.69) is 15.7 Å². The summed E-state index contributed by atoms with van der Waals surface area (Å²) in [5.41, 5.74) is 3.26. The Kier molecular flexibility index (Phi) is 6.18. The fraction of sp³-hybridized carbons (Fsp3) is 0.217. The maximum atomic E-state index is 13.2. The molecule has 0 unspecified atom stereocenters. The summed E-state index contributed by atoms with van der Waals surface area (Å²) >= 11 is 1.57. The number of hydrogen-bond donors (Lipinski definition) is 2. The van der Waals surface area contributed by atoms with Gasteiger partial charge in [-0.2, -0.15) is 5.10 Å². The molecule has 0 aliphatic carbocycles. The Morgan fingerprint density at radius 1 is 1.19 bits per heavy atom. The van der Waals surface area contributed by atoms with Crippen molar-refractivity contribution in [2.75, 3.05) is 18.5 Å². The molecule has 4 rings (SSSR count). The summed E-state index contributed by atoms with van der Waals surface area (Å²) < 4.78 is 7.15. The number of hydrogen-bond acceptors (Lipinski definition) is 6. The van der Waals surface area contributed by atoms with Crippen molar-refractivity contribution >= 4 is 39.9 Å². The molecule has 9 heteroatoms. The summed E-state index contributed by atoms with van der Waals surface area (Å²) in [6.07, 6.45) is 0. The van der Waals surface area contributed by atoms with E-state index in [1.54, 1.807) is 40.3 Å². The Morgan fingerprint density at radius 3 is 2.66 bits per heavy atom. The largest absolute Gasteiger partial charge is 0.484 e. The smallest absolute Gasteiger partial charge is 0.257 e. The predicted molar refractivity (Wildman–Crippen MR) is 125 cm³/mol. The van der Waals surface area contributed by atoms with Gasteiger partial charge in [-0.15, -0.1) is 11.3 Å². The van der Waals surface area contributed by atoms with Gasteiger partial charge in [0, 0.05) is 19.3 Å². The maximum Gasteiger partial charge on any atom is 0.257 e. The van der Waals surface area contributed by atoms with Gasteiger partial charge >= 0.3 is 0 Å². The van der Waals surface area contributed by atoms with Gasteiger partial charge in [-0.05, 0) is 55.6 Å². The zero-order valence-electron chi connectivity index (χ0n) is 18.0. The van der Waals surface area contributed by atoms with Gasteiger partial charge < -0.3 is 15.4 Å². The van der Waals surface area contributed by atoms with E-state index in [-0.39, 0.29) is 18.4 Å². The van der Waals surface area contributed by atoms with Crippen LogP contribution in [0.1, 0.15) is 23.0 Å². The van der Waals surface area contributed by atoms with Crippen LogP contribution in [0.5, 0.6) is 5.75 Å². The van der Waals surface area contributed by atoms with E-state index in [9.17, 15) is 9.59 Å². The van der Waals surface area contributed by atoms with Crippen LogP contribution >= 0.6 is 11.3 Å². The number of nitrogens with one attached hydrogen (secondary N) is 2. The summed E-state index contributed by atoms with van der Waals surface area (Å²) in [4.78, 5) is 30.5. The van der Waals surface area contributed by atoms with E-state index < -0.39 is 0 Å².